The van der Waals surface area contributed by atoms with E-state index in [1.54, 1.807) is 0 Å². The summed E-state index contributed by atoms with van der Waals surface area (Å²) in [5.74, 6) is 1.10. The molecule has 0 atom stereocenters. The van der Waals surface area contributed by atoms with E-state index in [9.17, 15) is 9.59 Å². The van der Waals surface area contributed by atoms with Gasteiger partial charge in [0.05, 0.1) is 23.7 Å². The van der Waals surface area contributed by atoms with Crippen LogP contribution in [-0.2, 0) is 28.9 Å². The number of fused-ring (bicyclic) bond motifs is 2. The lowest BCUT2D eigenvalue weighted by atomic mass is 10.0. The molecule has 2 fully saturated rings. The zero-order chi connectivity index (χ0) is 26.1. The van der Waals surface area contributed by atoms with Crippen molar-refractivity contribution in [1.82, 2.24) is 19.8 Å². The molecule has 2 saturated heterocycles. The number of aryl methyl sites for hydroxylation is 3. The van der Waals surface area contributed by atoms with Crippen molar-refractivity contribution in [1.29, 1.82) is 0 Å². The van der Waals surface area contributed by atoms with E-state index in [1.807, 2.05) is 22.1 Å². The summed E-state index contributed by atoms with van der Waals surface area (Å²) in [7, 11) is 0. The van der Waals surface area contributed by atoms with Crippen molar-refractivity contribution in [3.63, 3.8) is 0 Å². The largest absolute Gasteiger partial charge is 0.378 e. The Morgan fingerprint density at radius 1 is 1.05 bits per heavy atom. The molecule has 2 amide bonds. The maximum atomic E-state index is 13.7. The normalized spacial score (nSPS) is 17.4. The number of likely N-dealkylation sites (tertiary alicyclic amines) is 1. The molecular weight excluding hydrogens is 498 g/mol. The zero-order valence-electron chi connectivity index (χ0n) is 22.1. The molecule has 38 heavy (non-hydrogen) atoms. The Kier molecular flexibility index (Phi) is 7.30. The summed E-state index contributed by atoms with van der Waals surface area (Å²) in [6.07, 6.45) is 5.74. The third kappa shape index (κ3) is 5.27. The maximum absolute atomic E-state index is 13.7. The van der Waals surface area contributed by atoms with Crippen LogP contribution in [0.15, 0.2) is 23.6 Å². The van der Waals surface area contributed by atoms with Crippen molar-refractivity contribution < 1.29 is 14.3 Å². The van der Waals surface area contributed by atoms with Gasteiger partial charge in [0.25, 0.3) is 5.91 Å². The predicted molar refractivity (Wildman–Crippen MR) is 149 cm³/mol. The number of ether oxygens (including phenoxy) is 1. The molecule has 3 aromatic rings. The lowest BCUT2D eigenvalue weighted by Gasteiger charge is -2.31. The fraction of sp³-hybridized carbons (Fsp3) is 0.517. The van der Waals surface area contributed by atoms with Gasteiger partial charge in [-0.15, -0.1) is 11.3 Å². The lowest BCUT2D eigenvalue weighted by molar-refractivity contribution is -0.127. The van der Waals surface area contributed by atoms with Gasteiger partial charge in [-0.1, -0.05) is 0 Å². The predicted octanol–water partition coefficient (Wildman–Crippen LogP) is 3.98. The number of benzene rings is 1. The first-order valence-electron chi connectivity index (χ1n) is 13.8. The number of hydrogen-bond acceptors (Lipinski definition) is 7. The molecule has 0 spiro atoms. The van der Waals surface area contributed by atoms with Gasteiger partial charge < -0.3 is 19.4 Å². The van der Waals surface area contributed by atoms with Crippen LogP contribution in [0.1, 0.15) is 57.9 Å². The van der Waals surface area contributed by atoms with E-state index in [-0.39, 0.29) is 11.8 Å². The highest BCUT2D eigenvalue weighted by Gasteiger charge is 2.25. The number of carbonyl (C=O) groups excluding carboxylic acids is 2. The number of aromatic nitrogens is 2. The van der Waals surface area contributed by atoms with Crippen LogP contribution in [0.25, 0.3) is 10.9 Å². The van der Waals surface area contributed by atoms with Crippen LogP contribution in [0.2, 0.25) is 0 Å². The molecule has 3 aliphatic rings. The van der Waals surface area contributed by atoms with Gasteiger partial charge in [0.1, 0.15) is 11.5 Å². The molecule has 0 radical (unpaired) electrons. The number of hydrogen-bond donors (Lipinski definition) is 0. The highest BCUT2D eigenvalue weighted by molar-refractivity contribution is 7.09. The van der Waals surface area contributed by atoms with Gasteiger partial charge in [-0.2, -0.15) is 0 Å². The smallest absolute Gasteiger partial charge is 0.273 e. The Hall–Kier alpha value is -3.04. The van der Waals surface area contributed by atoms with Gasteiger partial charge in [0.15, 0.2) is 0 Å². The Balaban J connectivity index is 1.32. The second-order valence-corrected chi connectivity index (χ2v) is 11.6. The van der Waals surface area contributed by atoms with Gasteiger partial charge in [-0.3, -0.25) is 9.59 Å². The molecule has 0 saturated carbocycles. The van der Waals surface area contributed by atoms with Gasteiger partial charge in [-0.25, -0.2) is 9.97 Å². The third-order valence-corrected chi connectivity index (χ3v) is 8.68. The monoisotopic (exact) mass is 533 g/mol. The van der Waals surface area contributed by atoms with Crippen LogP contribution < -0.4 is 4.90 Å². The van der Waals surface area contributed by atoms with Crippen LogP contribution in [0.5, 0.6) is 0 Å². The minimum Gasteiger partial charge on any atom is -0.378 e. The van der Waals surface area contributed by atoms with Crippen molar-refractivity contribution in [3.8, 4) is 0 Å². The summed E-state index contributed by atoms with van der Waals surface area (Å²) < 4.78 is 5.63. The lowest BCUT2D eigenvalue weighted by Crippen LogP contribution is -2.39. The molecule has 2 aromatic heterocycles. The molecule has 6 rings (SSSR count). The Bertz CT molecular complexity index is 1350. The number of morpholine rings is 1. The molecule has 8 nitrogen and oxygen atoms in total. The van der Waals surface area contributed by atoms with E-state index in [0.29, 0.717) is 45.0 Å². The van der Waals surface area contributed by atoms with Crippen LogP contribution in [0.4, 0.5) is 5.82 Å². The highest BCUT2D eigenvalue weighted by atomic mass is 32.1. The van der Waals surface area contributed by atoms with Crippen LogP contribution in [0, 0.1) is 6.92 Å². The first-order chi connectivity index (χ1) is 18.5. The number of amides is 2. The minimum absolute atomic E-state index is 0.0657. The van der Waals surface area contributed by atoms with Gasteiger partial charge in [0, 0.05) is 62.0 Å². The topological polar surface area (TPSA) is 78.9 Å². The standard InChI is InChI=1S/C29H35N5O3S/c1-20-30-26(19-38-20)29(36)34(10-4-9-32-8-3-7-27(32)35)18-24-16-23-15-21-5-2-6-22(21)17-25(23)31-28(24)33-11-13-37-14-12-33/h15-17,19H,2-14,18H2,1H3. The molecule has 1 aliphatic carbocycles. The molecule has 0 N–H and O–H groups in total. The van der Waals surface area contributed by atoms with E-state index < -0.39 is 0 Å². The zero-order valence-corrected chi connectivity index (χ0v) is 22.9. The highest BCUT2D eigenvalue weighted by Crippen LogP contribution is 2.31. The van der Waals surface area contributed by atoms with Gasteiger partial charge in [0.2, 0.25) is 5.91 Å². The second-order valence-electron chi connectivity index (χ2n) is 10.6. The first-order valence-corrected chi connectivity index (χ1v) is 14.7. The third-order valence-electron chi connectivity index (χ3n) is 7.91. The SMILES string of the molecule is Cc1nc(C(=O)N(CCCN2CCCC2=O)Cc2cc3cc4c(cc3nc2N2CCOCC2)CCC4)cs1. The fourth-order valence-electron chi connectivity index (χ4n) is 5.92. The molecule has 4 heterocycles. The Morgan fingerprint density at radius 3 is 2.61 bits per heavy atom. The number of nitrogens with zero attached hydrogens (tertiary/aromatic N) is 5. The molecule has 9 heteroatoms. The van der Waals surface area contributed by atoms with Crippen molar-refractivity contribution in [2.45, 2.75) is 52.0 Å². The average Bonchev–Trinajstić information content (AvgIpc) is 3.68. The summed E-state index contributed by atoms with van der Waals surface area (Å²) in [4.78, 5) is 41.6. The summed E-state index contributed by atoms with van der Waals surface area (Å²) in [5, 5.41) is 3.86. The van der Waals surface area contributed by atoms with Crippen LogP contribution in [0.3, 0.4) is 0 Å². The van der Waals surface area contributed by atoms with Crippen LogP contribution in [-0.4, -0.2) is 77.5 Å². The number of pyridine rings is 1. The molecule has 0 unspecified atom stereocenters. The average molecular weight is 534 g/mol. The van der Waals surface area contributed by atoms with E-state index >= 15 is 0 Å². The van der Waals surface area contributed by atoms with Crippen molar-refractivity contribution >= 4 is 39.9 Å². The summed E-state index contributed by atoms with van der Waals surface area (Å²) in [6.45, 7) is 7.35. The summed E-state index contributed by atoms with van der Waals surface area (Å²) in [5.41, 5.74) is 5.40. The van der Waals surface area contributed by atoms with E-state index in [0.717, 1.165) is 72.6 Å². The summed E-state index contributed by atoms with van der Waals surface area (Å²) >= 11 is 1.49. The second kappa shape index (κ2) is 11.0. The van der Waals surface area contributed by atoms with Gasteiger partial charge >= 0.3 is 0 Å². The van der Waals surface area contributed by atoms with Crippen molar-refractivity contribution in [2.24, 2.45) is 0 Å². The minimum atomic E-state index is -0.0657. The molecule has 200 valence electrons. The van der Waals surface area contributed by atoms with Crippen LogP contribution >= 0.6 is 11.3 Å². The maximum Gasteiger partial charge on any atom is 0.273 e. The quantitative estimate of drug-likeness (QED) is 0.436. The van der Waals surface area contributed by atoms with Gasteiger partial charge in [-0.05, 0) is 68.4 Å². The Morgan fingerprint density at radius 2 is 1.87 bits per heavy atom. The van der Waals surface area contributed by atoms with E-state index in [4.69, 9.17) is 9.72 Å². The number of anilines is 1. The number of thiazole rings is 1. The molecule has 0 bridgehead atoms. The molecular formula is C29H35N5O3S. The van der Waals surface area contributed by atoms with E-state index in [2.05, 4.69) is 28.1 Å². The number of carbonyl (C=O) groups is 2. The first kappa shape index (κ1) is 25.2. The molecule has 1 aromatic carbocycles. The van der Waals surface area contributed by atoms with E-state index in [1.165, 1.54) is 28.9 Å². The summed E-state index contributed by atoms with van der Waals surface area (Å²) in [6, 6.07) is 6.80. The van der Waals surface area contributed by atoms with Crippen molar-refractivity contribution in [3.05, 3.63) is 51.0 Å². The fourth-order valence-corrected chi connectivity index (χ4v) is 6.51. The van der Waals surface area contributed by atoms with Crippen molar-refractivity contribution in [2.75, 3.05) is 50.8 Å². The molecule has 2 aliphatic heterocycles. The Labute approximate surface area is 227 Å². The number of rotatable bonds is 8.